The minimum atomic E-state index is -4.28. The molecule has 3 heterocycles. The van der Waals surface area contributed by atoms with Crippen molar-refractivity contribution in [2.75, 3.05) is 6.61 Å². The zero-order valence-electron chi connectivity index (χ0n) is 21.6. The molecule has 1 saturated heterocycles. The summed E-state index contributed by atoms with van der Waals surface area (Å²) in [5, 5.41) is 40.0. The molecule has 0 radical (unpaired) electrons. The monoisotopic (exact) mass is 562 g/mol. The number of nitrogens with two attached hydrogens (primary N) is 1. The van der Waals surface area contributed by atoms with E-state index in [2.05, 4.69) is 15.2 Å². The molecule has 0 saturated carbocycles. The first kappa shape index (κ1) is 28.7. The highest BCUT2D eigenvalue weighted by atomic mass is 31.2. The number of hydrogen-bond acceptors (Lipinski definition) is 13. The molecule has 0 spiro atoms. The average molecular weight is 563 g/mol. The van der Waals surface area contributed by atoms with E-state index in [0.717, 1.165) is 0 Å². The van der Waals surface area contributed by atoms with E-state index in [1.165, 1.54) is 18.3 Å². The Kier molecular flexibility index (Phi) is 8.41. The third-order valence-corrected chi connectivity index (χ3v) is 7.95. The average Bonchev–Trinajstić information content (AvgIpc) is 3.44. The van der Waals surface area contributed by atoms with E-state index in [1.807, 2.05) is 6.07 Å². The van der Waals surface area contributed by atoms with E-state index >= 15 is 0 Å². The van der Waals surface area contributed by atoms with Gasteiger partial charge in [0, 0.05) is 0 Å². The highest BCUT2D eigenvalue weighted by Gasteiger charge is 2.62. The van der Waals surface area contributed by atoms with Crippen molar-refractivity contribution < 1.29 is 38.1 Å². The molecule has 0 amide bonds. The van der Waals surface area contributed by atoms with Gasteiger partial charge in [-0.3, -0.25) is 14.3 Å². The van der Waals surface area contributed by atoms with E-state index in [0.29, 0.717) is 5.70 Å². The third kappa shape index (κ3) is 5.84. The first-order valence-electron chi connectivity index (χ1n) is 12.3. The molecule has 4 rings (SSSR count). The van der Waals surface area contributed by atoms with Crippen LogP contribution in [0, 0.1) is 11.3 Å². The number of esters is 1. The summed E-state index contributed by atoms with van der Waals surface area (Å²) in [7, 11) is -4.28. The Bertz CT molecular complexity index is 1250. The van der Waals surface area contributed by atoms with E-state index in [1.54, 1.807) is 50.3 Å². The Balaban J connectivity index is 1.51. The lowest BCUT2D eigenvalue weighted by molar-refractivity contribution is -0.149. The molecule has 1 fully saturated rings. The number of nitrogens with one attached hydrogen (secondary N) is 1. The predicted octanol–water partition coefficient (Wildman–Crippen LogP) is 0.775. The highest BCUT2D eigenvalue weighted by Crippen LogP contribution is 2.47. The Hall–Kier alpha value is -3.31. The smallest absolute Gasteiger partial charge is 0.459 e. The molecule has 1 aromatic rings. The van der Waals surface area contributed by atoms with Crippen molar-refractivity contribution in [2.45, 2.75) is 69.3 Å². The van der Waals surface area contributed by atoms with Gasteiger partial charge in [0.2, 0.25) is 5.60 Å². The van der Waals surface area contributed by atoms with Crippen molar-refractivity contribution >= 4 is 25.9 Å². The Morgan fingerprint density at radius 2 is 2.08 bits per heavy atom. The Morgan fingerprint density at radius 1 is 1.36 bits per heavy atom. The number of fused-ring (bicyclic) bond motifs is 1. The zero-order valence-corrected chi connectivity index (χ0v) is 22.5. The van der Waals surface area contributed by atoms with Crippen LogP contribution in [0.5, 0.6) is 5.75 Å². The van der Waals surface area contributed by atoms with Crippen molar-refractivity contribution in [1.82, 2.24) is 10.1 Å². The van der Waals surface area contributed by atoms with Crippen LogP contribution in [0.4, 0.5) is 0 Å². The Labute approximate surface area is 225 Å². The van der Waals surface area contributed by atoms with E-state index in [-0.39, 0.29) is 18.0 Å². The molecule has 14 nitrogen and oxygen atoms in total. The number of benzene rings is 1. The van der Waals surface area contributed by atoms with E-state index in [9.17, 15) is 24.8 Å². The van der Waals surface area contributed by atoms with Crippen LogP contribution < -0.4 is 15.3 Å². The third-order valence-electron chi connectivity index (χ3n) is 6.31. The van der Waals surface area contributed by atoms with Gasteiger partial charge < -0.3 is 29.9 Å². The maximum absolute atomic E-state index is 13.7. The molecule has 210 valence electrons. The number of hydrazone groups is 1. The van der Waals surface area contributed by atoms with Gasteiger partial charge in [-0.05, 0) is 39.3 Å². The van der Waals surface area contributed by atoms with Gasteiger partial charge in [0.1, 0.15) is 48.6 Å². The fourth-order valence-electron chi connectivity index (χ4n) is 4.44. The van der Waals surface area contributed by atoms with E-state index in [4.69, 9.17) is 24.3 Å². The van der Waals surface area contributed by atoms with Gasteiger partial charge in [-0.15, -0.1) is 0 Å². The zero-order chi connectivity index (χ0) is 28.4. The summed E-state index contributed by atoms with van der Waals surface area (Å²) in [5.41, 5.74) is 4.42. The normalized spacial score (nSPS) is 30.1. The molecule has 2 unspecified atom stereocenters. The quantitative estimate of drug-likeness (QED) is 0.231. The number of aliphatic hydroxyl groups excluding tert-OH is 2. The predicted molar refractivity (Wildman–Crippen MR) is 138 cm³/mol. The number of nitrogens with zero attached hydrogens (tertiary/aromatic N) is 4. The maximum Gasteiger partial charge on any atom is 0.459 e. The summed E-state index contributed by atoms with van der Waals surface area (Å²) in [4.78, 5) is 16.3. The van der Waals surface area contributed by atoms with Crippen LogP contribution in [0.1, 0.15) is 27.2 Å². The van der Waals surface area contributed by atoms with Crippen molar-refractivity contribution in [3.63, 3.8) is 0 Å². The van der Waals surface area contributed by atoms with Crippen LogP contribution >= 0.6 is 7.75 Å². The van der Waals surface area contributed by atoms with Crippen LogP contribution in [0.15, 0.2) is 52.2 Å². The van der Waals surface area contributed by atoms with Crippen molar-refractivity contribution in [3.05, 3.63) is 42.1 Å². The number of rotatable bonds is 10. The van der Waals surface area contributed by atoms with Gasteiger partial charge in [0.25, 0.3) is 0 Å². The summed E-state index contributed by atoms with van der Waals surface area (Å²) in [5.74, 6) is -0.316. The molecule has 7 atom stereocenters. The lowest BCUT2D eigenvalue weighted by atomic mass is 9.87. The topological polar surface area (TPSA) is 201 Å². The van der Waals surface area contributed by atoms with Crippen molar-refractivity contribution in [2.24, 2.45) is 15.8 Å². The van der Waals surface area contributed by atoms with Crippen LogP contribution in [0.3, 0.4) is 0 Å². The van der Waals surface area contributed by atoms with Crippen LogP contribution in [-0.2, 0) is 23.4 Å². The SMILES string of the molecule is CC(C)OC(=O)[C@H](C)NP(=O)(OC[C@H]1O[C@@](C#N)(C2CC=C3C(N)=NC=NN32)[C@H](O)[C@@H]1O)Oc1ccccc1. The van der Waals surface area contributed by atoms with Crippen molar-refractivity contribution in [3.8, 4) is 11.8 Å². The van der Waals surface area contributed by atoms with Gasteiger partial charge in [-0.1, -0.05) is 24.3 Å². The van der Waals surface area contributed by atoms with Gasteiger partial charge in [0.15, 0.2) is 5.84 Å². The van der Waals surface area contributed by atoms with Crippen LogP contribution in [0.2, 0.25) is 0 Å². The van der Waals surface area contributed by atoms with Gasteiger partial charge >= 0.3 is 13.7 Å². The number of nitriles is 1. The second kappa shape index (κ2) is 11.4. The fourth-order valence-corrected chi connectivity index (χ4v) is 5.95. The largest absolute Gasteiger partial charge is 0.462 e. The standard InChI is InChI=1S/C24H31N6O8P/c1-14(2)36-23(33)15(3)29-39(34,38-16-7-5-4-6-8-16)35-11-18-20(31)21(32)24(12-25,37-18)19-10-9-17-22(26)27-13-28-30(17)19/h4-9,13-15,18-21,31-32H,10-11H2,1-3H3,(H,29,34)(H2,26,27,28)/t15-,18+,19?,20+,21+,24-,39?/m0/s1. The molecule has 15 heteroatoms. The molecule has 39 heavy (non-hydrogen) atoms. The van der Waals surface area contributed by atoms with Gasteiger partial charge in [-0.2, -0.15) is 15.5 Å². The number of aliphatic hydroxyl groups is 2. The summed E-state index contributed by atoms with van der Waals surface area (Å²) < 4.78 is 36.0. The second-order valence-electron chi connectivity index (χ2n) is 9.46. The molecule has 3 aliphatic rings. The number of aliphatic imine (C=N–C) groups is 1. The molecule has 1 aromatic carbocycles. The molecule has 5 N–H and O–H groups in total. The number of para-hydroxylation sites is 1. The molecular formula is C24H31N6O8P. The van der Waals surface area contributed by atoms with Gasteiger partial charge in [0.05, 0.1) is 18.4 Å². The van der Waals surface area contributed by atoms with Crippen LogP contribution in [0.25, 0.3) is 0 Å². The second-order valence-corrected chi connectivity index (χ2v) is 11.2. The summed E-state index contributed by atoms with van der Waals surface area (Å²) in [6, 6.07) is 8.18. The lowest BCUT2D eigenvalue weighted by Crippen LogP contribution is -2.56. The molecule has 0 aromatic heterocycles. The highest BCUT2D eigenvalue weighted by molar-refractivity contribution is 7.52. The molecular weight excluding hydrogens is 531 g/mol. The summed E-state index contributed by atoms with van der Waals surface area (Å²) in [6.07, 6.45) is -1.83. The van der Waals surface area contributed by atoms with Gasteiger partial charge in [-0.25, -0.2) is 9.56 Å². The minimum absolute atomic E-state index is 0.184. The van der Waals surface area contributed by atoms with Crippen molar-refractivity contribution in [1.29, 1.82) is 5.26 Å². The number of ether oxygens (including phenoxy) is 2. The Morgan fingerprint density at radius 3 is 2.74 bits per heavy atom. The lowest BCUT2D eigenvalue weighted by Gasteiger charge is -2.36. The number of carbonyl (C=O) groups excluding carboxylic acids is 1. The molecule has 0 aliphatic carbocycles. The number of amidine groups is 1. The van der Waals surface area contributed by atoms with E-state index < -0.39 is 62.4 Å². The number of carbonyl (C=O) groups is 1. The summed E-state index contributed by atoms with van der Waals surface area (Å²) >= 11 is 0. The minimum Gasteiger partial charge on any atom is -0.462 e. The molecule has 3 aliphatic heterocycles. The first-order valence-corrected chi connectivity index (χ1v) is 13.8. The molecule has 0 bridgehead atoms. The fraction of sp³-hybridized carbons (Fsp3) is 0.500. The maximum atomic E-state index is 13.7. The van der Waals surface area contributed by atoms with Crippen LogP contribution in [-0.4, -0.2) is 82.1 Å². The number of hydrogen-bond donors (Lipinski definition) is 4. The first-order chi connectivity index (χ1) is 18.5. The summed E-state index contributed by atoms with van der Waals surface area (Å²) in [6.45, 7) is 4.21.